The minimum atomic E-state index is 0. The van der Waals surface area contributed by atoms with Crippen LogP contribution in [0.25, 0.3) is 0 Å². The summed E-state index contributed by atoms with van der Waals surface area (Å²) in [6.07, 6.45) is 3.31. The summed E-state index contributed by atoms with van der Waals surface area (Å²) in [5.74, 6) is 2.61. The molecule has 1 heterocycles. The summed E-state index contributed by atoms with van der Waals surface area (Å²) in [6.45, 7) is 7.43. The number of aromatic nitrogens is 3. The van der Waals surface area contributed by atoms with E-state index in [9.17, 15) is 0 Å². The van der Waals surface area contributed by atoms with Crippen molar-refractivity contribution in [2.75, 3.05) is 31.6 Å². The minimum Gasteiger partial charge on any atom is -0.375 e. The molecule has 0 fully saturated rings. The first-order chi connectivity index (χ1) is 13.1. The standard InChI is InChI=1S/C20H33N7.HI/c1-5-6-13-21-20(23-16-19-25-24-17(2)27(19)4)22-14-10-15-26(3)18-11-8-7-9-12-18;/h7-9,11-12H,5-6,10,13-16H2,1-4H3,(H2,21,22,23);1H. The van der Waals surface area contributed by atoms with Crippen LogP contribution in [0.2, 0.25) is 0 Å². The molecule has 0 radical (unpaired) electrons. The number of halogens is 1. The van der Waals surface area contributed by atoms with E-state index in [4.69, 9.17) is 0 Å². The molecule has 0 saturated heterocycles. The van der Waals surface area contributed by atoms with Crippen molar-refractivity contribution in [3.05, 3.63) is 42.0 Å². The summed E-state index contributed by atoms with van der Waals surface area (Å²) in [5.41, 5.74) is 1.24. The quantitative estimate of drug-likeness (QED) is 0.228. The average molecular weight is 499 g/mol. The van der Waals surface area contributed by atoms with E-state index in [2.05, 4.69) is 69.0 Å². The predicted molar refractivity (Wildman–Crippen MR) is 128 cm³/mol. The summed E-state index contributed by atoms with van der Waals surface area (Å²) in [6, 6.07) is 10.5. The second kappa shape index (κ2) is 13.4. The molecule has 0 aliphatic heterocycles. The maximum absolute atomic E-state index is 4.67. The smallest absolute Gasteiger partial charge is 0.191 e. The van der Waals surface area contributed by atoms with Gasteiger partial charge >= 0.3 is 0 Å². The molecular formula is C20H34IN7. The summed E-state index contributed by atoms with van der Waals surface area (Å²) in [7, 11) is 4.09. The molecular weight excluding hydrogens is 465 g/mol. The lowest BCUT2D eigenvalue weighted by molar-refractivity contribution is 0.696. The van der Waals surface area contributed by atoms with Crippen LogP contribution in [-0.2, 0) is 13.6 Å². The van der Waals surface area contributed by atoms with E-state index in [-0.39, 0.29) is 24.0 Å². The molecule has 7 nitrogen and oxygen atoms in total. The summed E-state index contributed by atoms with van der Waals surface area (Å²) >= 11 is 0. The van der Waals surface area contributed by atoms with Crippen molar-refractivity contribution >= 4 is 35.6 Å². The predicted octanol–water partition coefficient (Wildman–Crippen LogP) is 3.10. The SMILES string of the molecule is CCCCNC(=NCc1nnc(C)n1C)NCCCN(C)c1ccccc1.I. The van der Waals surface area contributed by atoms with Crippen LogP contribution in [0.3, 0.4) is 0 Å². The molecule has 0 bridgehead atoms. The molecule has 2 rings (SSSR count). The molecule has 156 valence electrons. The molecule has 0 unspecified atom stereocenters. The van der Waals surface area contributed by atoms with Gasteiger partial charge in [-0.2, -0.15) is 0 Å². The Morgan fingerprint density at radius 3 is 2.39 bits per heavy atom. The Morgan fingerprint density at radius 2 is 1.79 bits per heavy atom. The maximum Gasteiger partial charge on any atom is 0.191 e. The van der Waals surface area contributed by atoms with Crippen molar-refractivity contribution in [1.29, 1.82) is 0 Å². The fourth-order valence-electron chi connectivity index (χ4n) is 2.63. The topological polar surface area (TPSA) is 70.4 Å². The van der Waals surface area contributed by atoms with Gasteiger partial charge < -0.3 is 20.1 Å². The van der Waals surface area contributed by atoms with E-state index in [1.54, 1.807) is 0 Å². The van der Waals surface area contributed by atoms with Gasteiger partial charge in [0, 0.05) is 39.4 Å². The lowest BCUT2D eigenvalue weighted by Gasteiger charge is -2.19. The van der Waals surface area contributed by atoms with Crippen molar-refractivity contribution in [2.45, 2.75) is 39.7 Å². The minimum absolute atomic E-state index is 0. The van der Waals surface area contributed by atoms with Gasteiger partial charge in [0.25, 0.3) is 0 Å². The second-order valence-corrected chi connectivity index (χ2v) is 6.71. The Morgan fingerprint density at radius 1 is 1.11 bits per heavy atom. The number of para-hydroxylation sites is 1. The number of hydrogen-bond donors (Lipinski definition) is 2. The normalized spacial score (nSPS) is 11.1. The van der Waals surface area contributed by atoms with E-state index < -0.39 is 0 Å². The first-order valence-corrected chi connectivity index (χ1v) is 9.75. The highest BCUT2D eigenvalue weighted by Crippen LogP contribution is 2.10. The number of hydrogen-bond acceptors (Lipinski definition) is 4. The van der Waals surface area contributed by atoms with Crippen LogP contribution in [0.4, 0.5) is 5.69 Å². The van der Waals surface area contributed by atoms with Crippen LogP contribution < -0.4 is 15.5 Å². The van der Waals surface area contributed by atoms with Gasteiger partial charge in [0.15, 0.2) is 11.8 Å². The molecule has 0 atom stereocenters. The average Bonchev–Trinajstić information content (AvgIpc) is 3.01. The first kappa shape index (κ1) is 24.2. The monoisotopic (exact) mass is 499 g/mol. The molecule has 2 N–H and O–H groups in total. The summed E-state index contributed by atoms with van der Waals surface area (Å²) < 4.78 is 1.97. The number of guanidine groups is 1. The van der Waals surface area contributed by atoms with E-state index >= 15 is 0 Å². The number of aliphatic imine (C=N–C) groups is 1. The molecule has 0 saturated carbocycles. The Hall–Kier alpha value is -1.84. The van der Waals surface area contributed by atoms with Crippen LogP contribution in [0.15, 0.2) is 35.3 Å². The van der Waals surface area contributed by atoms with Gasteiger partial charge in [0.2, 0.25) is 0 Å². The van der Waals surface area contributed by atoms with Gasteiger partial charge in [-0.05, 0) is 31.9 Å². The highest BCUT2D eigenvalue weighted by molar-refractivity contribution is 14.0. The molecule has 8 heteroatoms. The van der Waals surface area contributed by atoms with Gasteiger partial charge in [-0.25, -0.2) is 4.99 Å². The van der Waals surface area contributed by atoms with Gasteiger partial charge in [-0.3, -0.25) is 0 Å². The zero-order valence-corrected chi connectivity index (χ0v) is 19.8. The van der Waals surface area contributed by atoms with Crippen molar-refractivity contribution in [1.82, 2.24) is 25.4 Å². The summed E-state index contributed by atoms with van der Waals surface area (Å²) in [4.78, 5) is 6.94. The van der Waals surface area contributed by atoms with Crippen LogP contribution in [0.5, 0.6) is 0 Å². The third-order valence-corrected chi connectivity index (χ3v) is 4.54. The molecule has 1 aromatic heterocycles. The highest BCUT2D eigenvalue weighted by Gasteiger charge is 2.05. The number of nitrogens with one attached hydrogen (secondary N) is 2. The van der Waals surface area contributed by atoms with Crippen molar-refractivity contribution in [2.24, 2.45) is 12.0 Å². The lowest BCUT2D eigenvalue weighted by Crippen LogP contribution is -2.39. The molecule has 1 aromatic carbocycles. The van der Waals surface area contributed by atoms with Gasteiger partial charge in [0.05, 0.1) is 0 Å². The van der Waals surface area contributed by atoms with Crippen molar-refractivity contribution in [3.8, 4) is 0 Å². The number of nitrogens with zero attached hydrogens (tertiary/aromatic N) is 5. The van der Waals surface area contributed by atoms with Gasteiger partial charge in [-0.1, -0.05) is 31.5 Å². The fraction of sp³-hybridized carbons (Fsp3) is 0.550. The number of benzene rings is 1. The van der Waals surface area contributed by atoms with Crippen LogP contribution >= 0.6 is 24.0 Å². The zero-order chi connectivity index (χ0) is 19.5. The van der Waals surface area contributed by atoms with Crippen molar-refractivity contribution < 1.29 is 0 Å². The number of anilines is 1. The van der Waals surface area contributed by atoms with Crippen LogP contribution in [0, 0.1) is 6.92 Å². The van der Waals surface area contributed by atoms with E-state index in [0.717, 1.165) is 56.5 Å². The fourth-order valence-corrected chi connectivity index (χ4v) is 2.63. The van der Waals surface area contributed by atoms with E-state index in [1.807, 2.05) is 24.6 Å². The van der Waals surface area contributed by atoms with Crippen LogP contribution in [-0.4, -0.2) is 47.4 Å². The lowest BCUT2D eigenvalue weighted by atomic mass is 10.3. The first-order valence-electron chi connectivity index (χ1n) is 9.75. The molecule has 0 amide bonds. The van der Waals surface area contributed by atoms with Gasteiger partial charge in [0.1, 0.15) is 12.4 Å². The molecule has 0 aliphatic rings. The summed E-state index contributed by atoms with van der Waals surface area (Å²) in [5, 5.41) is 15.1. The maximum atomic E-state index is 4.67. The highest BCUT2D eigenvalue weighted by atomic mass is 127. The Bertz CT molecular complexity index is 700. The largest absolute Gasteiger partial charge is 0.375 e. The molecule has 0 spiro atoms. The van der Waals surface area contributed by atoms with E-state index in [0.29, 0.717) is 6.54 Å². The van der Waals surface area contributed by atoms with E-state index in [1.165, 1.54) is 5.69 Å². The zero-order valence-electron chi connectivity index (χ0n) is 17.5. The van der Waals surface area contributed by atoms with Crippen LogP contribution in [0.1, 0.15) is 37.8 Å². The Labute approximate surface area is 186 Å². The number of unbranched alkanes of at least 4 members (excludes halogenated alkanes) is 1. The third kappa shape index (κ3) is 8.04. The third-order valence-electron chi connectivity index (χ3n) is 4.54. The molecule has 0 aliphatic carbocycles. The molecule has 28 heavy (non-hydrogen) atoms. The van der Waals surface area contributed by atoms with Crippen molar-refractivity contribution in [3.63, 3.8) is 0 Å². The Balaban J connectivity index is 0.00000392. The van der Waals surface area contributed by atoms with Gasteiger partial charge in [-0.15, -0.1) is 34.2 Å². The Kier molecular flexibility index (Phi) is 11.5. The number of aryl methyl sites for hydroxylation is 1. The molecule has 2 aromatic rings. The number of rotatable bonds is 10. The second-order valence-electron chi connectivity index (χ2n) is 6.71.